The van der Waals surface area contributed by atoms with Crippen molar-refractivity contribution < 1.29 is 23.5 Å². The first-order valence-corrected chi connectivity index (χ1v) is 10.5. The fraction of sp³-hybridized carbons (Fsp3) is 0.360. The van der Waals surface area contributed by atoms with Gasteiger partial charge in [-0.05, 0) is 45.4 Å². The van der Waals surface area contributed by atoms with E-state index in [9.17, 15) is 9.59 Å². The molecule has 2 aromatic rings. The van der Waals surface area contributed by atoms with Crippen LogP contribution in [0.3, 0.4) is 0 Å². The Morgan fingerprint density at radius 3 is 2.48 bits per heavy atom. The quantitative estimate of drug-likeness (QED) is 0.525. The molecule has 176 valence electrons. The van der Waals surface area contributed by atoms with Crippen molar-refractivity contribution in [2.75, 3.05) is 18.4 Å². The fourth-order valence-corrected chi connectivity index (χ4v) is 2.65. The molecule has 0 aliphatic heterocycles. The van der Waals surface area contributed by atoms with Crippen molar-refractivity contribution in [2.24, 2.45) is 11.7 Å². The van der Waals surface area contributed by atoms with Gasteiger partial charge < -0.3 is 25.8 Å². The lowest BCUT2D eigenvalue weighted by Gasteiger charge is -2.20. The van der Waals surface area contributed by atoms with E-state index in [1.54, 1.807) is 33.8 Å². The Morgan fingerprint density at radius 1 is 1.15 bits per heavy atom. The molecule has 4 N–H and O–H groups in total. The van der Waals surface area contributed by atoms with Crippen molar-refractivity contribution in [1.29, 1.82) is 0 Å². The standard InChI is InChI=1S/C25H30FN3O4/c1-17(14-29-24(31)33-25(2,3)4)10-11-19-12-13-20(23(22(19)26)28-15-21(27)30)32-16-18-8-6-5-7-9-18/h5-9,12-13,17,28H,14-16H2,1-4H3,(H2,27,30)(H,29,31). The Kier molecular flexibility index (Phi) is 9.10. The van der Waals surface area contributed by atoms with Crippen molar-refractivity contribution >= 4 is 17.7 Å². The number of ether oxygens (including phenoxy) is 2. The van der Waals surface area contributed by atoms with Crippen LogP contribution in [-0.4, -0.2) is 30.7 Å². The van der Waals surface area contributed by atoms with E-state index in [1.165, 1.54) is 6.07 Å². The number of alkyl carbamates (subject to hydrolysis) is 1. The van der Waals surface area contributed by atoms with E-state index in [1.807, 2.05) is 30.3 Å². The van der Waals surface area contributed by atoms with Crippen LogP contribution in [0.4, 0.5) is 14.9 Å². The fourth-order valence-electron chi connectivity index (χ4n) is 2.65. The predicted octanol–water partition coefficient (Wildman–Crippen LogP) is 3.81. The molecule has 0 saturated carbocycles. The van der Waals surface area contributed by atoms with E-state index in [2.05, 4.69) is 22.5 Å². The smallest absolute Gasteiger partial charge is 0.407 e. The first-order chi connectivity index (χ1) is 15.5. The lowest BCUT2D eigenvalue weighted by atomic mass is 10.1. The molecule has 0 aromatic heterocycles. The molecular formula is C25H30FN3O4. The summed E-state index contributed by atoms with van der Waals surface area (Å²) >= 11 is 0. The zero-order valence-electron chi connectivity index (χ0n) is 19.3. The molecule has 8 heteroatoms. The van der Waals surface area contributed by atoms with Crippen LogP contribution >= 0.6 is 0 Å². The van der Waals surface area contributed by atoms with Crippen LogP contribution in [0.5, 0.6) is 5.75 Å². The molecule has 0 aliphatic rings. The zero-order valence-corrected chi connectivity index (χ0v) is 19.3. The predicted molar refractivity (Wildman–Crippen MR) is 125 cm³/mol. The maximum Gasteiger partial charge on any atom is 0.407 e. The third-order valence-corrected chi connectivity index (χ3v) is 4.18. The van der Waals surface area contributed by atoms with Gasteiger partial charge in [0.15, 0.2) is 5.82 Å². The average Bonchev–Trinajstić information content (AvgIpc) is 2.74. The van der Waals surface area contributed by atoms with Crippen LogP contribution in [0, 0.1) is 23.6 Å². The van der Waals surface area contributed by atoms with Crippen LogP contribution in [0.2, 0.25) is 0 Å². The van der Waals surface area contributed by atoms with Gasteiger partial charge in [-0.3, -0.25) is 4.79 Å². The molecule has 1 atom stereocenters. The molecule has 0 aliphatic carbocycles. The second-order valence-corrected chi connectivity index (χ2v) is 8.45. The number of rotatable bonds is 8. The minimum atomic E-state index is -0.651. The molecule has 0 fully saturated rings. The van der Waals surface area contributed by atoms with Gasteiger partial charge in [0.05, 0.1) is 12.1 Å². The van der Waals surface area contributed by atoms with Gasteiger partial charge in [0.2, 0.25) is 5.91 Å². The summed E-state index contributed by atoms with van der Waals surface area (Å²) in [4.78, 5) is 23.0. The molecule has 2 aromatic carbocycles. The minimum Gasteiger partial charge on any atom is -0.487 e. The van der Waals surface area contributed by atoms with Crippen LogP contribution in [0.1, 0.15) is 38.8 Å². The summed E-state index contributed by atoms with van der Waals surface area (Å²) in [6.07, 6.45) is -0.541. The number of halogens is 1. The van der Waals surface area contributed by atoms with Crippen molar-refractivity contribution in [3.8, 4) is 17.6 Å². The highest BCUT2D eigenvalue weighted by atomic mass is 19.1. The number of nitrogens with two attached hydrogens (primary N) is 1. The monoisotopic (exact) mass is 455 g/mol. The highest BCUT2D eigenvalue weighted by Gasteiger charge is 2.17. The Morgan fingerprint density at radius 2 is 1.85 bits per heavy atom. The number of carbonyl (C=O) groups is 2. The lowest BCUT2D eigenvalue weighted by Crippen LogP contribution is -2.34. The van der Waals surface area contributed by atoms with Gasteiger partial charge in [0, 0.05) is 12.5 Å². The van der Waals surface area contributed by atoms with E-state index in [-0.39, 0.29) is 42.6 Å². The molecule has 2 rings (SSSR count). The second kappa shape index (κ2) is 11.8. The SMILES string of the molecule is CC(C#Cc1ccc(OCc2ccccc2)c(NCC(N)=O)c1F)CNC(=O)OC(C)(C)C. The van der Waals surface area contributed by atoms with E-state index in [0.29, 0.717) is 0 Å². The van der Waals surface area contributed by atoms with Crippen LogP contribution in [-0.2, 0) is 16.1 Å². The molecule has 0 saturated heterocycles. The first-order valence-electron chi connectivity index (χ1n) is 10.5. The summed E-state index contributed by atoms with van der Waals surface area (Å²) in [7, 11) is 0. The first kappa shape index (κ1) is 25.5. The van der Waals surface area contributed by atoms with Crippen molar-refractivity contribution in [3.63, 3.8) is 0 Å². The lowest BCUT2D eigenvalue weighted by molar-refractivity contribution is -0.116. The molecule has 2 amide bonds. The average molecular weight is 456 g/mol. The summed E-state index contributed by atoms with van der Waals surface area (Å²) in [5.41, 5.74) is 5.65. The zero-order chi connectivity index (χ0) is 24.4. The third-order valence-electron chi connectivity index (χ3n) is 4.18. The number of hydrogen-bond acceptors (Lipinski definition) is 5. The summed E-state index contributed by atoms with van der Waals surface area (Å²) in [6, 6.07) is 12.5. The summed E-state index contributed by atoms with van der Waals surface area (Å²) in [5.74, 6) is 4.39. The van der Waals surface area contributed by atoms with Crippen LogP contribution < -0.4 is 21.1 Å². The number of hydrogen-bond donors (Lipinski definition) is 3. The molecule has 33 heavy (non-hydrogen) atoms. The second-order valence-electron chi connectivity index (χ2n) is 8.45. The number of amides is 2. The summed E-state index contributed by atoms with van der Waals surface area (Å²) in [5, 5.41) is 5.33. The van der Waals surface area contributed by atoms with E-state index in [4.69, 9.17) is 15.2 Å². The minimum absolute atomic E-state index is 0.0102. The molecular weight excluding hydrogens is 425 g/mol. The Bertz CT molecular complexity index is 1020. The normalized spacial score (nSPS) is 11.5. The number of nitrogens with one attached hydrogen (secondary N) is 2. The molecule has 0 heterocycles. The van der Waals surface area contributed by atoms with Gasteiger partial charge in [0.25, 0.3) is 0 Å². The van der Waals surface area contributed by atoms with Gasteiger partial charge in [-0.15, -0.1) is 0 Å². The maximum absolute atomic E-state index is 15.2. The Hall–Kier alpha value is -3.73. The van der Waals surface area contributed by atoms with E-state index in [0.717, 1.165) is 5.56 Å². The number of carbonyl (C=O) groups excluding carboxylic acids is 2. The van der Waals surface area contributed by atoms with Gasteiger partial charge in [0.1, 0.15) is 23.6 Å². The molecule has 1 unspecified atom stereocenters. The molecule has 0 radical (unpaired) electrons. The molecule has 7 nitrogen and oxygen atoms in total. The highest BCUT2D eigenvalue weighted by molar-refractivity contribution is 5.80. The summed E-state index contributed by atoms with van der Waals surface area (Å²) in [6.45, 7) is 7.33. The van der Waals surface area contributed by atoms with Gasteiger partial charge in [-0.1, -0.05) is 42.2 Å². The molecule has 0 bridgehead atoms. The van der Waals surface area contributed by atoms with Gasteiger partial charge in [-0.25, -0.2) is 9.18 Å². The third kappa shape index (κ3) is 9.11. The molecule has 0 spiro atoms. The van der Waals surface area contributed by atoms with E-state index < -0.39 is 23.4 Å². The van der Waals surface area contributed by atoms with Gasteiger partial charge >= 0.3 is 6.09 Å². The van der Waals surface area contributed by atoms with E-state index >= 15 is 4.39 Å². The highest BCUT2D eigenvalue weighted by Crippen LogP contribution is 2.30. The largest absolute Gasteiger partial charge is 0.487 e. The van der Waals surface area contributed by atoms with Crippen molar-refractivity contribution in [1.82, 2.24) is 5.32 Å². The van der Waals surface area contributed by atoms with Crippen LogP contribution in [0.25, 0.3) is 0 Å². The summed E-state index contributed by atoms with van der Waals surface area (Å²) < 4.78 is 26.1. The van der Waals surface area contributed by atoms with Gasteiger partial charge in [-0.2, -0.15) is 0 Å². The number of benzene rings is 2. The number of primary amides is 1. The Balaban J connectivity index is 2.13. The Labute approximate surface area is 193 Å². The van der Waals surface area contributed by atoms with Crippen molar-refractivity contribution in [2.45, 2.75) is 39.9 Å². The topological polar surface area (TPSA) is 103 Å². The van der Waals surface area contributed by atoms with Crippen molar-refractivity contribution in [3.05, 3.63) is 59.4 Å². The van der Waals surface area contributed by atoms with Crippen LogP contribution in [0.15, 0.2) is 42.5 Å². The number of anilines is 1. The maximum atomic E-state index is 15.2.